The third-order valence-corrected chi connectivity index (χ3v) is 3.80. The molecule has 0 fully saturated rings. The van der Waals surface area contributed by atoms with Gasteiger partial charge in [0, 0.05) is 24.7 Å². The van der Waals surface area contributed by atoms with Crippen LogP contribution in [0.15, 0.2) is 24.3 Å². The second-order valence-electron chi connectivity index (χ2n) is 5.54. The molecule has 1 aromatic carbocycles. The SMILES string of the molecule is CCN(Cc1ccccc1Cl)C(=O)NCCCN(C)CC(F)(F)F. The van der Waals surface area contributed by atoms with Crippen molar-refractivity contribution in [2.24, 2.45) is 0 Å². The van der Waals surface area contributed by atoms with Crippen LogP contribution in [0.1, 0.15) is 18.9 Å². The lowest BCUT2D eigenvalue weighted by atomic mass is 10.2. The molecule has 0 aliphatic carbocycles. The van der Waals surface area contributed by atoms with Gasteiger partial charge in [-0.1, -0.05) is 29.8 Å². The Morgan fingerprint density at radius 1 is 1.29 bits per heavy atom. The number of amides is 2. The number of nitrogens with zero attached hydrogens (tertiary/aromatic N) is 2. The van der Waals surface area contributed by atoms with Gasteiger partial charge in [0.15, 0.2) is 0 Å². The van der Waals surface area contributed by atoms with Gasteiger partial charge in [-0.15, -0.1) is 0 Å². The number of nitrogens with one attached hydrogen (secondary N) is 1. The summed E-state index contributed by atoms with van der Waals surface area (Å²) in [6, 6.07) is 7.03. The minimum Gasteiger partial charge on any atom is -0.338 e. The first kappa shape index (κ1) is 20.6. The molecule has 0 spiro atoms. The molecule has 0 aliphatic rings. The molecular formula is C16H23ClF3N3O. The molecule has 0 heterocycles. The zero-order valence-electron chi connectivity index (χ0n) is 13.9. The summed E-state index contributed by atoms with van der Waals surface area (Å²) >= 11 is 6.09. The van der Waals surface area contributed by atoms with E-state index in [1.807, 2.05) is 25.1 Å². The molecule has 8 heteroatoms. The molecule has 1 N–H and O–H groups in total. The Labute approximate surface area is 145 Å². The molecular weight excluding hydrogens is 343 g/mol. The van der Waals surface area contributed by atoms with E-state index >= 15 is 0 Å². The first-order valence-corrected chi connectivity index (χ1v) is 8.12. The Kier molecular flexibility index (Phi) is 8.35. The lowest BCUT2D eigenvalue weighted by Crippen LogP contribution is -2.40. The van der Waals surface area contributed by atoms with Crippen LogP contribution in [0.3, 0.4) is 0 Å². The molecule has 0 bridgehead atoms. The van der Waals surface area contributed by atoms with Crippen LogP contribution in [-0.2, 0) is 6.54 Å². The molecule has 1 rings (SSSR count). The number of halogens is 4. The normalized spacial score (nSPS) is 11.6. The number of rotatable bonds is 8. The predicted molar refractivity (Wildman–Crippen MR) is 89.1 cm³/mol. The minimum absolute atomic E-state index is 0.254. The quantitative estimate of drug-likeness (QED) is 0.712. The Hall–Kier alpha value is -1.47. The van der Waals surface area contributed by atoms with E-state index in [1.54, 1.807) is 11.0 Å². The van der Waals surface area contributed by atoms with E-state index in [9.17, 15) is 18.0 Å². The number of hydrogen-bond donors (Lipinski definition) is 1. The molecule has 0 aliphatic heterocycles. The number of carbonyl (C=O) groups excluding carboxylic acids is 1. The van der Waals surface area contributed by atoms with Crippen LogP contribution in [0.4, 0.5) is 18.0 Å². The van der Waals surface area contributed by atoms with E-state index in [0.29, 0.717) is 31.1 Å². The van der Waals surface area contributed by atoms with Crippen molar-refractivity contribution >= 4 is 17.6 Å². The zero-order valence-corrected chi connectivity index (χ0v) is 14.6. The topological polar surface area (TPSA) is 35.6 Å². The van der Waals surface area contributed by atoms with Crippen LogP contribution in [0.5, 0.6) is 0 Å². The van der Waals surface area contributed by atoms with Gasteiger partial charge in [-0.2, -0.15) is 13.2 Å². The Morgan fingerprint density at radius 3 is 2.54 bits per heavy atom. The molecule has 0 radical (unpaired) electrons. The highest BCUT2D eigenvalue weighted by molar-refractivity contribution is 6.31. The van der Waals surface area contributed by atoms with Gasteiger partial charge in [0.1, 0.15) is 0 Å². The van der Waals surface area contributed by atoms with Crippen molar-refractivity contribution in [1.82, 2.24) is 15.1 Å². The maximum Gasteiger partial charge on any atom is 0.401 e. The fourth-order valence-corrected chi connectivity index (χ4v) is 2.40. The number of benzene rings is 1. The molecule has 1 aromatic rings. The van der Waals surface area contributed by atoms with E-state index in [-0.39, 0.29) is 12.6 Å². The Bertz CT molecular complexity index is 526. The number of hydrogen-bond acceptors (Lipinski definition) is 2. The summed E-state index contributed by atoms with van der Waals surface area (Å²) in [4.78, 5) is 14.9. The van der Waals surface area contributed by atoms with Crippen molar-refractivity contribution in [1.29, 1.82) is 0 Å². The molecule has 4 nitrogen and oxygen atoms in total. The van der Waals surface area contributed by atoms with Crippen molar-refractivity contribution < 1.29 is 18.0 Å². The van der Waals surface area contributed by atoms with E-state index in [4.69, 9.17) is 11.6 Å². The predicted octanol–water partition coefficient (Wildman–Crippen LogP) is 3.76. The monoisotopic (exact) mass is 365 g/mol. The van der Waals surface area contributed by atoms with Gasteiger partial charge in [0.25, 0.3) is 0 Å². The summed E-state index contributed by atoms with van der Waals surface area (Å²) in [7, 11) is 1.41. The second-order valence-corrected chi connectivity index (χ2v) is 5.95. The van der Waals surface area contributed by atoms with E-state index in [2.05, 4.69) is 5.32 Å². The summed E-state index contributed by atoms with van der Waals surface area (Å²) in [6.45, 7) is 2.37. The van der Waals surface area contributed by atoms with Gasteiger partial charge in [-0.25, -0.2) is 4.79 Å². The van der Waals surface area contributed by atoms with Crippen molar-refractivity contribution in [3.8, 4) is 0 Å². The standard InChI is InChI=1S/C16H23ClF3N3O/c1-3-23(11-13-7-4-5-8-14(13)17)15(24)21-9-6-10-22(2)12-16(18,19)20/h4-5,7-8H,3,6,9-12H2,1-2H3,(H,21,24). The smallest absolute Gasteiger partial charge is 0.338 e. The van der Waals surface area contributed by atoms with Gasteiger partial charge in [-0.3, -0.25) is 4.90 Å². The largest absolute Gasteiger partial charge is 0.401 e. The Balaban J connectivity index is 2.36. The summed E-state index contributed by atoms with van der Waals surface area (Å²) in [5.41, 5.74) is 0.848. The van der Waals surface area contributed by atoms with Crippen LogP contribution in [0.25, 0.3) is 0 Å². The Morgan fingerprint density at radius 2 is 1.96 bits per heavy atom. The third-order valence-electron chi connectivity index (χ3n) is 3.43. The summed E-state index contributed by atoms with van der Waals surface area (Å²) in [6.07, 6.45) is -3.76. The van der Waals surface area contributed by atoms with Gasteiger partial charge >= 0.3 is 12.2 Å². The van der Waals surface area contributed by atoms with Crippen LogP contribution in [-0.4, -0.2) is 55.2 Å². The molecule has 24 heavy (non-hydrogen) atoms. The molecule has 0 aromatic heterocycles. The minimum atomic E-state index is -4.20. The maximum absolute atomic E-state index is 12.2. The van der Waals surface area contributed by atoms with Gasteiger partial charge in [0.05, 0.1) is 6.54 Å². The van der Waals surface area contributed by atoms with E-state index in [1.165, 1.54) is 11.9 Å². The second kappa shape index (κ2) is 9.74. The van der Waals surface area contributed by atoms with Crippen LogP contribution in [0.2, 0.25) is 5.02 Å². The van der Waals surface area contributed by atoms with Crippen molar-refractivity contribution in [2.45, 2.75) is 26.1 Å². The fraction of sp³-hybridized carbons (Fsp3) is 0.562. The first-order valence-electron chi connectivity index (χ1n) is 7.74. The first-order chi connectivity index (χ1) is 11.2. The number of urea groups is 1. The molecule has 0 saturated heterocycles. The van der Waals surface area contributed by atoms with Gasteiger partial charge < -0.3 is 10.2 Å². The van der Waals surface area contributed by atoms with E-state index < -0.39 is 12.7 Å². The number of alkyl halides is 3. The highest BCUT2D eigenvalue weighted by Gasteiger charge is 2.28. The zero-order chi connectivity index (χ0) is 18.2. The lowest BCUT2D eigenvalue weighted by molar-refractivity contribution is -0.143. The van der Waals surface area contributed by atoms with Crippen molar-refractivity contribution in [3.05, 3.63) is 34.9 Å². The van der Waals surface area contributed by atoms with Crippen LogP contribution in [0, 0.1) is 0 Å². The van der Waals surface area contributed by atoms with Crippen molar-refractivity contribution in [3.63, 3.8) is 0 Å². The van der Waals surface area contributed by atoms with Crippen LogP contribution >= 0.6 is 11.6 Å². The molecule has 0 unspecified atom stereocenters. The van der Waals surface area contributed by atoms with Gasteiger partial charge in [-0.05, 0) is 38.6 Å². The van der Waals surface area contributed by atoms with Crippen molar-refractivity contribution in [2.75, 3.05) is 33.2 Å². The number of carbonyl (C=O) groups is 1. The lowest BCUT2D eigenvalue weighted by Gasteiger charge is -2.23. The highest BCUT2D eigenvalue weighted by atomic mass is 35.5. The van der Waals surface area contributed by atoms with Crippen LogP contribution < -0.4 is 5.32 Å². The van der Waals surface area contributed by atoms with E-state index in [0.717, 1.165) is 5.56 Å². The molecule has 0 atom stereocenters. The summed E-state index contributed by atoms with van der Waals surface area (Å²) in [5.74, 6) is 0. The maximum atomic E-state index is 12.2. The molecule has 136 valence electrons. The van der Waals surface area contributed by atoms with Gasteiger partial charge in [0.2, 0.25) is 0 Å². The summed E-state index contributed by atoms with van der Waals surface area (Å²) < 4.78 is 36.6. The molecule has 0 saturated carbocycles. The highest BCUT2D eigenvalue weighted by Crippen LogP contribution is 2.17. The fourth-order valence-electron chi connectivity index (χ4n) is 2.20. The summed E-state index contributed by atoms with van der Waals surface area (Å²) in [5, 5.41) is 3.32. The average molecular weight is 366 g/mol. The average Bonchev–Trinajstić information content (AvgIpc) is 2.49. The third kappa shape index (κ3) is 7.88. The molecule has 2 amide bonds.